The molecule has 3 heteroatoms. The lowest BCUT2D eigenvalue weighted by Crippen LogP contribution is -2.05. The van der Waals surface area contributed by atoms with Gasteiger partial charge in [0.15, 0.2) is 0 Å². The van der Waals surface area contributed by atoms with E-state index < -0.39 is 0 Å². The molecule has 3 nitrogen and oxygen atoms in total. The minimum atomic E-state index is -0.148. The summed E-state index contributed by atoms with van der Waals surface area (Å²) in [5, 5.41) is 13.4. The number of aromatic nitrogens is 1. The average Bonchev–Trinajstić information content (AvgIpc) is 3.17. The van der Waals surface area contributed by atoms with E-state index in [1.165, 1.54) is 23.4 Å². The Morgan fingerprint density at radius 2 is 1.95 bits per heavy atom. The van der Waals surface area contributed by atoms with Crippen molar-refractivity contribution in [1.82, 2.24) is 4.98 Å². The van der Waals surface area contributed by atoms with Gasteiger partial charge in [-0.2, -0.15) is 0 Å². The topological polar surface area (TPSA) is 45.1 Å². The van der Waals surface area contributed by atoms with Gasteiger partial charge in [-0.05, 0) is 62.3 Å². The van der Waals surface area contributed by atoms with Gasteiger partial charge in [-0.15, -0.1) is 0 Å². The second kappa shape index (κ2) is 5.73. The molecule has 2 atom stereocenters. The number of hydrogen-bond donors (Lipinski definition) is 2. The van der Waals surface area contributed by atoms with Gasteiger partial charge in [-0.3, -0.25) is 4.98 Å². The van der Waals surface area contributed by atoms with Crippen molar-refractivity contribution in [3.63, 3.8) is 0 Å². The van der Waals surface area contributed by atoms with Crippen LogP contribution in [0.2, 0.25) is 0 Å². The first-order chi connectivity index (χ1) is 10.8. The van der Waals surface area contributed by atoms with Crippen LogP contribution in [-0.4, -0.2) is 16.2 Å². The molecule has 2 aliphatic carbocycles. The molecule has 1 saturated carbocycles. The summed E-state index contributed by atoms with van der Waals surface area (Å²) in [5.41, 5.74) is 6.14. The van der Waals surface area contributed by atoms with Crippen molar-refractivity contribution >= 4 is 11.4 Å². The first-order valence-electron chi connectivity index (χ1n) is 8.32. The van der Waals surface area contributed by atoms with E-state index in [9.17, 15) is 5.11 Å². The normalized spacial score (nSPS) is 23.5. The fraction of sp³-hybridized carbons (Fsp3) is 0.421. The molecule has 2 N–H and O–H groups in total. The third kappa shape index (κ3) is 2.61. The average molecular weight is 294 g/mol. The molecule has 0 radical (unpaired) electrons. The molecule has 0 bridgehead atoms. The minimum absolute atomic E-state index is 0.148. The number of hydrogen-bond acceptors (Lipinski definition) is 3. The smallest absolute Gasteiger partial charge is 0.0546 e. The van der Waals surface area contributed by atoms with Gasteiger partial charge in [0.1, 0.15) is 0 Å². The summed E-state index contributed by atoms with van der Waals surface area (Å²) in [5.74, 6) is 0.414. The van der Waals surface area contributed by atoms with Crippen molar-refractivity contribution < 1.29 is 5.11 Å². The highest BCUT2D eigenvalue weighted by Gasteiger charge is 2.27. The van der Waals surface area contributed by atoms with Crippen molar-refractivity contribution in [2.75, 3.05) is 5.32 Å². The zero-order valence-electron chi connectivity index (χ0n) is 12.8. The van der Waals surface area contributed by atoms with Gasteiger partial charge >= 0.3 is 0 Å². The maximum atomic E-state index is 9.82. The molecular formula is C19H22N2O. The Labute approximate surface area is 131 Å². The van der Waals surface area contributed by atoms with E-state index in [4.69, 9.17) is 4.98 Å². The molecular weight excluding hydrogens is 272 g/mol. The third-order valence-electron chi connectivity index (χ3n) is 4.95. The van der Waals surface area contributed by atoms with E-state index in [1.54, 1.807) is 0 Å². The number of para-hydroxylation sites is 1. The second-order valence-electron chi connectivity index (χ2n) is 6.53. The molecule has 0 aliphatic heterocycles. The van der Waals surface area contributed by atoms with Crippen molar-refractivity contribution in [3.05, 3.63) is 53.3 Å². The van der Waals surface area contributed by atoms with E-state index in [-0.39, 0.29) is 6.10 Å². The second-order valence-corrected chi connectivity index (χ2v) is 6.53. The molecule has 4 rings (SSSR count). The summed E-state index contributed by atoms with van der Waals surface area (Å²) < 4.78 is 0. The molecule has 0 saturated heterocycles. The Hall–Kier alpha value is -1.87. The summed E-state index contributed by atoms with van der Waals surface area (Å²) >= 11 is 0. The quantitative estimate of drug-likeness (QED) is 0.901. The van der Waals surface area contributed by atoms with Crippen LogP contribution in [0.4, 0.5) is 11.4 Å². The maximum Gasteiger partial charge on any atom is 0.0546 e. The van der Waals surface area contributed by atoms with E-state index >= 15 is 0 Å². The van der Waals surface area contributed by atoms with E-state index in [0.717, 1.165) is 43.5 Å². The number of aliphatic hydroxyl groups excluding tert-OH is 1. The van der Waals surface area contributed by atoms with Crippen molar-refractivity contribution in [2.45, 2.75) is 50.5 Å². The van der Waals surface area contributed by atoms with Crippen LogP contribution < -0.4 is 5.32 Å². The first-order valence-corrected chi connectivity index (χ1v) is 8.32. The predicted molar refractivity (Wildman–Crippen MR) is 88.6 cm³/mol. The SMILES string of the molecule is OC1CCC(c2cc(Nc3ccccc3)c3c(n2)CCC3)C1. The van der Waals surface area contributed by atoms with Gasteiger partial charge in [-0.1, -0.05) is 18.2 Å². The number of nitrogens with zero attached hydrogens (tertiary/aromatic N) is 1. The largest absolute Gasteiger partial charge is 0.393 e. The van der Waals surface area contributed by atoms with Crippen LogP contribution in [0, 0.1) is 0 Å². The summed E-state index contributed by atoms with van der Waals surface area (Å²) in [6.07, 6.45) is 6.07. The molecule has 0 spiro atoms. The van der Waals surface area contributed by atoms with Gasteiger partial charge in [-0.25, -0.2) is 0 Å². The number of aryl methyl sites for hydroxylation is 1. The van der Waals surface area contributed by atoms with Gasteiger partial charge in [0, 0.05) is 28.7 Å². The summed E-state index contributed by atoms with van der Waals surface area (Å²) in [4.78, 5) is 4.92. The zero-order chi connectivity index (χ0) is 14.9. The fourth-order valence-corrected chi connectivity index (χ4v) is 3.79. The molecule has 1 heterocycles. The van der Waals surface area contributed by atoms with Gasteiger partial charge < -0.3 is 10.4 Å². The van der Waals surface area contributed by atoms with Crippen LogP contribution >= 0.6 is 0 Å². The number of anilines is 2. The van der Waals surface area contributed by atoms with Crippen LogP contribution in [-0.2, 0) is 12.8 Å². The lowest BCUT2D eigenvalue weighted by Gasteiger charge is -2.16. The third-order valence-corrected chi connectivity index (χ3v) is 4.95. The van der Waals surface area contributed by atoms with E-state index in [1.807, 2.05) is 6.07 Å². The van der Waals surface area contributed by atoms with E-state index in [2.05, 4.69) is 35.6 Å². The first kappa shape index (κ1) is 13.8. The zero-order valence-corrected chi connectivity index (χ0v) is 12.8. The van der Waals surface area contributed by atoms with Gasteiger partial charge in [0.05, 0.1) is 6.10 Å². The molecule has 2 unspecified atom stereocenters. The number of benzene rings is 1. The summed E-state index contributed by atoms with van der Waals surface area (Å²) in [6, 6.07) is 12.6. The van der Waals surface area contributed by atoms with Gasteiger partial charge in [0.2, 0.25) is 0 Å². The molecule has 0 amide bonds. The Bertz CT molecular complexity index is 669. The fourth-order valence-electron chi connectivity index (χ4n) is 3.79. The Morgan fingerprint density at radius 3 is 2.73 bits per heavy atom. The minimum Gasteiger partial charge on any atom is -0.393 e. The summed E-state index contributed by atoms with van der Waals surface area (Å²) in [7, 11) is 0. The van der Waals surface area contributed by atoms with Crippen LogP contribution in [0.15, 0.2) is 36.4 Å². The maximum absolute atomic E-state index is 9.82. The number of nitrogens with one attached hydrogen (secondary N) is 1. The molecule has 1 aromatic carbocycles. The monoisotopic (exact) mass is 294 g/mol. The molecule has 2 aliphatic rings. The number of aliphatic hydroxyl groups is 1. The lowest BCUT2D eigenvalue weighted by molar-refractivity contribution is 0.181. The number of fused-ring (bicyclic) bond motifs is 1. The molecule has 114 valence electrons. The lowest BCUT2D eigenvalue weighted by atomic mass is 10.0. The number of rotatable bonds is 3. The van der Waals surface area contributed by atoms with Crippen LogP contribution in [0.25, 0.3) is 0 Å². The highest BCUT2D eigenvalue weighted by molar-refractivity contribution is 5.65. The Kier molecular flexibility index (Phi) is 3.59. The Morgan fingerprint density at radius 1 is 1.09 bits per heavy atom. The van der Waals surface area contributed by atoms with Crippen LogP contribution in [0.1, 0.15) is 48.6 Å². The van der Waals surface area contributed by atoms with Crippen molar-refractivity contribution in [2.24, 2.45) is 0 Å². The Balaban J connectivity index is 1.69. The molecule has 2 aromatic rings. The molecule has 1 aromatic heterocycles. The predicted octanol–water partition coefficient (Wildman–Crippen LogP) is 3.94. The molecule has 22 heavy (non-hydrogen) atoms. The van der Waals surface area contributed by atoms with Crippen molar-refractivity contribution in [1.29, 1.82) is 0 Å². The highest BCUT2D eigenvalue weighted by Crippen LogP contribution is 2.38. The van der Waals surface area contributed by atoms with Gasteiger partial charge in [0.25, 0.3) is 0 Å². The van der Waals surface area contributed by atoms with E-state index in [0.29, 0.717) is 5.92 Å². The van der Waals surface area contributed by atoms with Crippen LogP contribution in [0.5, 0.6) is 0 Å². The van der Waals surface area contributed by atoms with Crippen LogP contribution in [0.3, 0.4) is 0 Å². The highest BCUT2D eigenvalue weighted by atomic mass is 16.3. The number of pyridine rings is 1. The molecule has 1 fully saturated rings. The standard InChI is InChI=1S/C19H22N2O/c22-15-10-9-13(11-15)18-12-19(16-7-4-8-17(16)21-18)20-14-5-2-1-3-6-14/h1-3,5-6,12-13,15,22H,4,7-11H2,(H,20,21). The summed E-state index contributed by atoms with van der Waals surface area (Å²) in [6.45, 7) is 0. The van der Waals surface area contributed by atoms with Crippen molar-refractivity contribution in [3.8, 4) is 0 Å².